The van der Waals surface area contributed by atoms with Crippen LogP contribution in [0.3, 0.4) is 0 Å². The van der Waals surface area contributed by atoms with Crippen LogP contribution < -0.4 is 0 Å². The highest BCUT2D eigenvalue weighted by Gasteiger charge is 2.24. The molecule has 1 aliphatic rings. The molecule has 3 rings (SSSR count). The molecular formula is C19H23N3O2. The average molecular weight is 325 g/mol. The van der Waals surface area contributed by atoms with Crippen molar-refractivity contribution in [2.24, 2.45) is 5.92 Å². The molecule has 1 aromatic heterocycles. The SMILES string of the molecule is CC(C)N1CC[C@@H](Cc2cncc(-c3cccc(C(=O)O)c3)n2)C1. The summed E-state index contributed by atoms with van der Waals surface area (Å²) in [7, 11) is 0. The van der Waals surface area contributed by atoms with Gasteiger partial charge in [-0.1, -0.05) is 12.1 Å². The third-order valence-electron chi connectivity index (χ3n) is 4.64. The lowest BCUT2D eigenvalue weighted by Gasteiger charge is -2.20. The van der Waals surface area contributed by atoms with Gasteiger partial charge in [-0.3, -0.25) is 4.98 Å². The van der Waals surface area contributed by atoms with Gasteiger partial charge in [-0.25, -0.2) is 9.78 Å². The molecule has 0 spiro atoms. The molecule has 0 amide bonds. The smallest absolute Gasteiger partial charge is 0.335 e. The summed E-state index contributed by atoms with van der Waals surface area (Å²) in [5.74, 6) is -0.317. The molecule has 1 aromatic carbocycles. The number of carboxylic acid groups (broad SMARTS) is 1. The van der Waals surface area contributed by atoms with Gasteiger partial charge in [0.25, 0.3) is 0 Å². The van der Waals surface area contributed by atoms with Crippen molar-refractivity contribution >= 4 is 5.97 Å². The zero-order chi connectivity index (χ0) is 17.1. The molecule has 0 unspecified atom stereocenters. The van der Waals surface area contributed by atoms with Gasteiger partial charge in [0.05, 0.1) is 23.1 Å². The second-order valence-electron chi connectivity index (χ2n) is 6.73. The van der Waals surface area contributed by atoms with Crippen molar-refractivity contribution in [3.8, 4) is 11.3 Å². The summed E-state index contributed by atoms with van der Waals surface area (Å²) in [5, 5.41) is 9.13. The zero-order valence-electron chi connectivity index (χ0n) is 14.1. The molecule has 24 heavy (non-hydrogen) atoms. The molecule has 5 nitrogen and oxygen atoms in total. The van der Waals surface area contributed by atoms with Crippen molar-refractivity contribution < 1.29 is 9.90 Å². The topological polar surface area (TPSA) is 66.3 Å². The molecule has 0 aliphatic carbocycles. The van der Waals surface area contributed by atoms with E-state index >= 15 is 0 Å². The van der Waals surface area contributed by atoms with Crippen LogP contribution in [0, 0.1) is 5.92 Å². The number of nitrogens with zero attached hydrogens (tertiary/aromatic N) is 3. The fourth-order valence-corrected chi connectivity index (χ4v) is 3.25. The highest BCUT2D eigenvalue weighted by atomic mass is 16.4. The van der Waals surface area contributed by atoms with Crippen LogP contribution in [0.1, 0.15) is 36.3 Å². The molecule has 1 N–H and O–H groups in total. The fraction of sp³-hybridized carbons (Fsp3) is 0.421. The Labute approximate surface area is 142 Å². The van der Waals surface area contributed by atoms with Gasteiger partial charge in [0.1, 0.15) is 0 Å². The standard InChI is InChI=1S/C19H23N3O2/c1-13(2)22-7-6-14(12-22)8-17-10-20-11-18(21-17)15-4-3-5-16(9-15)19(23)24/h3-5,9-11,13-14H,6-8,12H2,1-2H3,(H,23,24)/t14-/m0/s1. The number of benzene rings is 1. The largest absolute Gasteiger partial charge is 0.478 e. The molecule has 0 radical (unpaired) electrons. The first-order valence-corrected chi connectivity index (χ1v) is 8.41. The summed E-state index contributed by atoms with van der Waals surface area (Å²) < 4.78 is 0. The third kappa shape index (κ3) is 3.79. The molecule has 2 aromatic rings. The Morgan fingerprint density at radius 1 is 1.38 bits per heavy atom. The van der Waals surface area contributed by atoms with Crippen molar-refractivity contribution in [2.75, 3.05) is 13.1 Å². The number of aromatic nitrogens is 2. The first-order chi connectivity index (χ1) is 11.5. The summed E-state index contributed by atoms with van der Waals surface area (Å²) in [5.41, 5.74) is 2.76. The van der Waals surface area contributed by atoms with Crippen LogP contribution in [-0.4, -0.2) is 45.1 Å². The maximum absolute atomic E-state index is 11.1. The second-order valence-corrected chi connectivity index (χ2v) is 6.73. The van der Waals surface area contributed by atoms with Crippen molar-refractivity contribution in [2.45, 2.75) is 32.7 Å². The van der Waals surface area contributed by atoms with E-state index in [0.29, 0.717) is 12.0 Å². The molecule has 5 heteroatoms. The molecule has 1 saturated heterocycles. The van der Waals surface area contributed by atoms with Gasteiger partial charge in [0.2, 0.25) is 0 Å². The highest BCUT2D eigenvalue weighted by Crippen LogP contribution is 2.23. The lowest BCUT2D eigenvalue weighted by atomic mass is 10.0. The van der Waals surface area contributed by atoms with Gasteiger partial charge in [-0.2, -0.15) is 0 Å². The fourth-order valence-electron chi connectivity index (χ4n) is 3.25. The molecular weight excluding hydrogens is 302 g/mol. The third-order valence-corrected chi connectivity index (χ3v) is 4.64. The number of hydrogen-bond acceptors (Lipinski definition) is 4. The van der Waals surface area contributed by atoms with Crippen molar-refractivity contribution in [1.82, 2.24) is 14.9 Å². The van der Waals surface area contributed by atoms with Crippen LogP contribution >= 0.6 is 0 Å². The predicted octanol–water partition coefficient (Wildman–Crippen LogP) is 3.11. The summed E-state index contributed by atoms with van der Waals surface area (Å²) in [6, 6.07) is 7.43. The number of hydrogen-bond donors (Lipinski definition) is 1. The Bertz CT molecular complexity index is 730. The van der Waals surface area contributed by atoms with Gasteiger partial charge in [0.15, 0.2) is 0 Å². The Balaban J connectivity index is 1.75. The monoisotopic (exact) mass is 325 g/mol. The maximum atomic E-state index is 11.1. The lowest BCUT2D eigenvalue weighted by Crippen LogP contribution is -2.28. The minimum Gasteiger partial charge on any atom is -0.478 e. The van der Waals surface area contributed by atoms with Crippen LogP contribution in [0.5, 0.6) is 0 Å². The van der Waals surface area contributed by atoms with Crippen LogP contribution in [-0.2, 0) is 6.42 Å². The van der Waals surface area contributed by atoms with Crippen molar-refractivity contribution in [1.29, 1.82) is 0 Å². The average Bonchev–Trinajstić information content (AvgIpc) is 3.04. The molecule has 2 heterocycles. The van der Waals surface area contributed by atoms with Gasteiger partial charge in [-0.05, 0) is 51.3 Å². The number of aromatic carboxylic acids is 1. The summed E-state index contributed by atoms with van der Waals surface area (Å²) >= 11 is 0. The van der Waals surface area contributed by atoms with E-state index in [2.05, 4.69) is 23.7 Å². The van der Waals surface area contributed by atoms with Crippen LogP contribution in [0.25, 0.3) is 11.3 Å². The number of likely N-dealkylation sites (tertiary alicyclic amines) is 1. The van der Waals surface area contributed by atoms with E-state index in [9.17, 15) is 4.79 Å². The van der Waals surface area contributed by atoms with E-state index < -0.39 is 5.97 Å². The molecule has 1 aliphatic heterocycles. The molecule has 0 bridgehead atoms. The van der Waals surface area contributed by atoms with E-state index in [-0.39, 0.29) is 5.56 Å². The van der Waals surface area contributed by atoms with Crippen molar-refractivity contribution in [3.63, 3.8) is 0 Å². The minimum absolute atomic E-state index is 0.267. The Hall–Kier alpha value is -2.27. The Kier molecular flexibility index (Phi) is 4.90. The predicted molar refractivity (Wildman–Crippen MR) is 92.9 cm³/mol. The van der Waals surface area contributed by atoms with Crippen LogP contribution in [0.2, 0.25) is 0 Å². The van der Waals surface area contributed by atoms with E-state index in [1.807, 2.05) is 12.3 Å². The molecule has 1 fully saturated rings. The van der Waals surface area contributed by atoms with Gasteiger partial charge in [-0.15, -0.1) is 0 Å². The first kappa shape index (κ1) is 16.6. The Morgan fingerprint density at radius 2 is 2.21 bits per heavy atom. The number of carbonyl (C=O) groups is 1. The molecule has 1 atom stereocenters. The highest BCUT2D eigenvalue weighted by molar-refractivity contribution is 5.89. The normalized spacial score (nSPS) is 18.2. The van der Waals surface area contributed by atoms with Gasteiger partial charge in [0, 0.05) is 24.3 Å². The van der Waals surface area contributed by atoms with Gasteiger partial charge < -0.3 is 10.0 Å². The molecule has 0 saturated carbocycles. The number of carboxylic acids is 1. The summed E-state index contributed by atoms with van der Waals surface area (Å²) in [4.78, 5) is 22.6. The minimum atomic E-state index is -0.930. The first-order valence-electron chi connectivity index (χ1n) is 8.41. The number of rotatable bonds is 5. The Morgan fingerprint density at radius 3 is 2.92 bits per heavy atom. The zero-order valence-corrected chi connectivity index (χ0v) is 14.1. The van der Waals surface area contributed by atoms with E-state index in [1.54, 1.807) is 24.4 Å². The van der Waals surface area contributed by atoms with Gasteiger partial charge >= 0.3 is 5.97 Å². The second kappa shape index (κ2) is 7.09. The summed E-state index contributed by atoms with van der Waals surface area (Å²) in [6.45, 7) is 6.73. The lowest BCUT2D eigenvalue weighted by molar-refractivity contribution is 0.0697. The van der Waals surface area contributed by atoms with E-state index in [0.717, 1.165) is 36.5 Å². The van der Waals surface area contributed by atoms with Crippen LogP contribution in [0.15, 0.2) is 36.7 Å². The maximum Gasteiger partial charge on any atom is 0.335 e. The van der Waals surface area contributed by atoms with Crippen LogP contribution in [0.4, 0.5) is 0 Å². The quantitative estimate of drug-likeness (QED) is 0.915. The summed E-state index contributed by atoms with van der Waals surface area (Å²) in [6.07, 6.45) is 5.63. The van der Waals surface area contributed by atoms with E-state index in [1.165, 1.54) is 6.42 Å². The van der Waals surface area contributed by atoms with E-state index in [4.69, 9.17) is 10.1 Å². The van der Waals surface area contributed by atoms with Crippen molar-refractivity contribution in [3.05, 3.63) is 47.9 Å². The molecule has 126 valence electrons.